The lowest BCUT2D eigenvalue weighted by Gasteiger charge is -2.09. The predicted octanol–water partition coefficient (Wildman–Crippen LogP) is 4.51. The van der Waals surface area contributed by atoms with Crippen LogP contribution < -0.4 is 4.74 Å². The molecule has 1 aromatic carbocycles. The molecule has 0 aliphatic heterocycles. The minimum Gasteiger partial charge on any atom is -0.454 e. The average molecular weight is 317 g/mol. The Bertz CT molecular complexity index is 536. The molecule has 0 radical (unpaired) electrons. The zero-order chi connectivity index (χ0) is 12.3. The van der Waals surface area contributed by atoms with Gasteiger partial charge in [0.1, 0.15) is 5.75 Å². The van der Waals surface area contributed by atoms with E-state index in [1.54, 1.807) is 30.6 Å². The van der Waals surface area contributed by atoms with Crippen molar-refractivity contribution in [3.05, 3.63) is 52.5 Å². The first-order valence-electron chi connectivity index (χ1n) is 4.82. The van der Waals surface area contributed by atoms with E-state index in [1.807, 2.05) is 0 Å². The molecule has 88 valence electrons. The Kier molecular flexibility index (Phi) is 3.97. The predicted molar refractivity (Wildman–Crippen MR) is 68.0 cm³/mol. The summed E-state index contributed by atoms with van der Waals surface area (Å²) in [5.74, 6) is 0.494. The first kappa shape index (κ1) is 12.3. The molecule has 0 fully saturated rings. The van der Waals surface area contributed by atoms with Gasteiger partial charge in [-0.1, -0.05) is 15.9 Å². The maximum atomic E-state index is 13.5. The highest BCUT2D eigenvalue weighted by Crippen LogP contribution is 2.29. The minimum atomic E-state index is -0.425. The fourth-order valence-corrected chi connectivity index (χ4v) is 1.83. The highest BCUT2D eigenvalue weighted by atomic mass is 79.9. The van der Waals surface area contributed by atoms with Crippen molar-refractivity contribution in [3.63, 3.8) is 0 Å². The van der Waals surface area contributed by atoms with Gasteiger partial charge < -0.3 is 4.74 Å². The van der Waals surface area contributed by atoms with E-state index in [0.717, 1.165) is 4.47 Å². The zero-order valence-corrected chi connectivity index (χ0v) is 11.0. The maximum absolute atomic E-state index is 13.5. The van der Waals surface area contributed by atoms with Crippen molar-refractivity contribution in [2.75, 3.05) is 0 Å². The molecule has 0 amide bonds. The van der Waals surface area contributed by atoms with Crippen LogP contribution in [0.4, 0.5) is 4.39 Å². The van der Waals surface area contributed by atoms with E-state index in [-0.39, 0.29) is 11.6 Å². The third kappa shape index (κ3) is 2.96. The molecule has 17 heavy (non-hydrogen) atoms. The highest BCUT2D eigenvalue weighted by molar-refractivity contribution is 9.10. The fraction of sp³-hybridized carbons (Fsp3) is 0.0833. The van der Waals surface area contributed by atoms with Crippen LogP contribution in [0.3, 0.4) is 0 Å². The van der Waals surface area contributed by atoms with Crippen LogP contribution in [0, 0.1) is 5.82 Å². The molecule has 0 N–H and O–H groups in total. The third-order valence-electron chi connectivity index (χ3n) is 2.12. The molecule has 0 saturated carbocycles. The van der Waals surface area contributed by atoms with Crippen LogP contribution in [-0.2, 0) is 5.88 Å². The molecular weight excluding hydrogens is 308 g/mol. The summed E-state index contributed by atoms with van der Waals surface area (Å²) in [7, 11) is 0. The van der Waals surface area contributed by atoms with Crippen molar-refractivity contribution in [2.45, 2.75) is 5.88 Å². The van der Waals surface area contributed by atoms with Crippen molar-refractivity contribution in [2.24, 2.45) is 0 Å². The highest BCUT2D eigenvalue weighted by Gasteiger charge is 2.08. The second-order valence-corrected chi connectivity index (χ2v) is 4.48. The molecule has 0 aliphatic carbocycles. The molecule has 0 bridgehead atoms. The number of pyridine rings is 1. The molecule has 0 saturated heterocycles. The fourth-order valence-electron chi connectivity index (χ4n) is 1.29. The summed E-state index contributed by atoms with van der Waals surface area (Å²) in [5.41, 5.74) is 0.716. The smallest absolute Gasteiger partial charge is 0.165 e. The van der Waals surface area contributed by atoms with E-state index in [0.29, 0.717) is 11.3 Å². The summed E-state index contributed by atoms with van der Waals surface area (Å²) < 4.78 is 19.7. The van der Waals surface area contributed by atoms with E-state index >= 15 is 0 Å². The zero-order valence-electron chi connectivity index (χ0n) is 8.66. The topological polar surface area (TPSA) is 22.1 Å². The maximum Gasteiger partial charge on any atom is 0.165 e. The van der Waals surface area contributed by atoms with Gasteiger partial charge in [0, 0.05) is 22.4 Å². The Morgan fingerprint density at radius 2 is 2.12 bits per heavy atom. The number of aromatic nitrogens is 1. The number of halogens is 3. The van der Waals surface area contributed by atoms with Gasteiger partial charge in [-0.15, -0.1) is 11.6 Å². The molecule has 2 rings (SSSR count). The quantitative estimate of drug-likeness (QED) is 0.777. The Morgan fingerprint density at radius 1 is 1.29 bits per heavy atom. The number of alkyl halides is 1. The summed E-state index contributed by atoms with van der Waals surface area (Å²) in [6.07, 6.45) is 3.17. The van der Waals surface area contributed by atoms with Gasteiger partial charge in [-0.05, 0) is 24.3 Å². The van der Waals surface area contributed by atoms with Crippen LogP contribution in [0.5, 0.6) is 11.5 Å². The van der Waals surface area contributed by atoms with Crippen molar-refractivity contribution in [3.8, 4) is 11.5 Å². The number of benzene rings is 1. The summed E-state index contributed by atoms with van der Waals surface area (Å²) in [6.45, 7) is 0. The van der Waals surface area contributed by atoms with Gasteiger partial charge in [0.15, 0.2) is 11.6 Å². The Morgan fingerprint density at radius 3 is 2.88 bits per heavy atom. The molecule has 2 aromatic rings. The molecule has 5 heteroatoms. The van der Waals surface area contributed by atoms with Crippen LogP contribution in [-0.4, -0.2) is 4.98 Å². The van der Waals surface area contributed by atoms with Crippen LogP contribution >= 0.6 is 27.5 Å². The molecule has 2 nitrogen and oxygen atoms in total. The van der Waals surface area contributed by atoms with E-state index in [1.165, 1.54) is 6.07 Å². The second-order valence-electron chi connectivity index (χ2n) is 3.29. The lowest BCUT2D eigenvalue weighted by atomic mass is 10.3. The van der Waals surface area contributed by atoms with Gasteiger partial charge in [-0.2, -0.15) is 0 Å². The van der Waals surface area contributed by atoms with Crippen molar-refractivity contribution >= 4 is 27.5 Å². The van der Waals surface area contributed by atoms with Crippen LogP contribution in [0.25, 0.3) is 0 Å². The van der Waals surface area contributed by atoms with E-state index in [2.05, 4.69) is 20.9 Å². The van der Waals surface area contributed by atoms with Gasteiger partial charge in [0.05, 0.1) is 5.88 Å². The van der Waals surface area contributed by atoms with Crippen molar-refractivity contribution < 1.29 is 9.13 Å². The number of nitrogens with zero attached hydrogens (tertiary/aromatic N) is 1. The monoisotopic (exact) mass is 315 g/mol. The Hall–Kier alpha value is -1.13. The largest absolute Gasteiger partial charge is 0.454 e. The minimum absolute atomic E-state index is 0.150. The summed E-state index contributed by atoms with van der Waals surface area (Å²) in [4.78, 5) is 3.93. The average Bonchev–Trinajstić information content (AvgIpc) is 2.34. The molecule has 0 atom stereocenters. The first-order chi connectivity index (χ1) is 8.20. The second kappa shape index (κ2) is 5.47. The summed E-state index contributed by atoms with van der Waals surface area (Å²) in [6, 6.07) is 6.16. The number of ether oxygens (including phenoxy) is 1. The third-order valence-corrected chi connectivity index (χ3v) is 2.90. The SMILES string of the molecule is Fc1ccc(Br)cc1Oc1ccncc1CCl. The van der Waals surface area contributed by atoms with Crippen LogP contribution in [0.15, 0.2) is 41.1 Å². The Labute approximate surface area is 112 Å². The number of hydrogen-bond acceptors (Lipinski definition) is 2. The van der Waals surface area contributed by atoms with Gasteiger partial charge in [-0.25, -0.2) is 4.39 Å². The van der Waals surface area contributed by atoms with Gasteiger partial charge in [0.2, 0.25) is 0 Å². The number of rotatable bonds is 3. The first-order valence-corrected chi connectivity index (χ1v) is 6.15. The van der Waals surface area contributed by atoms with Crippen molar-refractivity contribution in [1.29, 1.82) is 0 Å². The molecule has 0 unspecified atom stereocenters. The van der Waals surface area contributed by atoms with Gasteiger partial charge >= 0.3 is 0 Å². The molecule has 0 aliphatic rings. The van der Waals surface area contributed by atoms with Crippen LogP contribution in [0.1, 0.15) is 5.56 Å². The summed E-state index contributed by atoms with van der Waals surface area (Å²) >= 11 is 9.01. The molecule has 1 aromatic heterocycles. The standard InChI is InChI=1S/C12H8BrClFNO/c13-9-1-2-10(15)12(5-9)17-11-3-4-16-7-8(11)6-14/h1-5,7H,6H2. The summed E-state index contributed by atoms with van der Waals surface area (Å²) in [5, 5.41) is 0. The van der Waals surface area contributed by atoms with E-state index in [4.69, 9.17) is 16.3 Å². The van der Waals surface area contributed by atoms with Gasteiger partial charge in [-0.3, -0.25) is 4.98 Å². The Balaban J connectivity index is 2.34. The lowest BCUT2D eigenvalue weighted by molar-refractivity contribution is 0.438. The molecular formula is C12H8BrClFNO. The number of hydrogen-bond donors (Lipinski definition) is 0. The van der Waals surface area contributed by atoms with E-state index < -0.39 is 5.82 Å². The van der Waals surface area contributed by atoms with E-state index in [9.17, 15) is 4.39 Å². The van der Waals surface area contributed by atoms with Crippen molar-refractivity contribution in [1.82, 2.24) is 4.98 Å². The molecule has 1 heterocycles. The van der Waals surface area contributed by atoms with Gasteiger partial charge in [0.25, 0.3) is 0 Å². The van der Waals surface area contributed by atoms with Crippen LogP contribution in [0.2, 0.25) is 0 Å². The lowest BCUT2D eigenvalue weighted by Crippen LogP contribution is -1.92. The molecule has 0 spiro atoms. The normalized spacial score (nSPS) is 10.3.